The van der Waals surface area contributed by atoms with E-state index in [1.165, 1.54) is 12.1 Å². The lowest BCUT2D eigenvalue weighted by atomic mass is 10.0. The topological polar surface area (TPSA) is 75.9 Å². The summed E-state index contributed by atoms with van der Waals surface area (Å²) < 4.78 is 82.8. The number of rotatable bonds is 4. The molecule has 0 atom stereocenters. The lowest BCUT2D eigenvalue weighted by Gasteiger charge is -2.12. The van der Waals surface area contributed by atoms with Gasteiger partial charge in [-0.25, -0.2) is 4.98 Å². The summed E-state index contributed by atoms with van der Waals surface area (Å²) in [6.07, 6.45) is -9.00. The van der Waals surface area contributed by atoms with Crippen molar-refractivity contribution in [2.45, 2.75) is 12.4 Å². The fourth-order valence-electron chi connectivity index (χ4n) is 3.41. The molecule has 0 radical (unpaired) electrons. The number of aromatic nitrogens is 4. The van der Waals surface area contributed by atoms with E-state index in [-0.39, 0.29) is 11.3 Å². The maximum absolute atomic E-state index is 14.2. The van der Waals surface area contributed by atoms with Crippen molar-refractivity contribution < 1.29 is 31.1 Å². The van der Waals surface area contributed by atoms with Crippen LogP contribution in [-0.4, -0.2) is 39.8 Å². The molecule has 35 heavy (non-hydrogen) atoms. The van der Waals surface area contributed by atoms with E-state index in [2.05, 4.69) is 20.4 Å². The first-order chi connectivity index (χ1) is 16.3. The third-order valence-corrected chi connectivity index (χ3v) is 6.17. The highest BCUT2D eigenvalue weighted by molar-refractivity contribution is 7.22. The standard InChI is InChI=1S/C21H16F6N6OS/c1-32(2)19-30-12-6-4-5-11(17(12)35-19)15-14(21(25,26)27)16(33(3)31-15)18(34)29-10-7-8-28-13(9-10)20(22,23)24/h4-9H,1-3H3,(H,28,29,34). The molecule has 4 rings (SSSR count). The van der Waals surface area contributed by atoms with Crippen LogP contribution in [0.4, 0.5) is 37.2 Å². The van der Waals surface area contributed by atoms with Crippen molar-refractivity contribution in [3.63, 3.8) is 0 Å². The molecule has 14 heteroatoms. The highest BCUT2D eigenvalue weighted by Gasteiger charge is 2.43. The van der Waals surface area contributed by atoms with Crippen molar-refractivity contribution in [2.75, 3.05) is 24.3 Å². The van der Waals surface area contributed by atoms with Gasteiger partial charge in [0.25, 0.3) is 5.91 Å². The number of fused-ring (bicyclic) bond motifs is 1. The second-order valence-corrected chi connectivity index (χ2v) is 8.60. The molecule has 4 aromatic rings. The third kappa shape index (κ3) is 4.65. The number of aryl methyl sites for hydroxylation is 1. The second-order valence-electron chi connectivity index (χ2n) is 7.62. The van der Waals surface area contributed by atoms with Gasteiger partial charge in [0.1, 0.15) is 22.6 Å². The normalized spacial score (nSPS) is 12.3. The average molecular weight is 514 g/mol. The number of halogens is 6. The van der Waals surface area contributed by atoms with Crippen LogP contribution >= 0.6 is 11.3 Å². The van der Waals surface area contributed by atoms with Gasteiger partial charge in [0.2, 0.25) is 0 Å². The molecule has 3 aromatic heterocycles. The van der Waals surface area contributed by atoms with Gasteiger partial charge in [-0.15, -0.1) is 0 Å². The first kappa shape index (κ1) is 24.4. The Hall–Kier alpha value is -3.68. The number of carbonyl (C=O) groups is 1. The van der Waals surface area contributed by atoms with Crippen LogP contribution in [0, 0.1) is 0 Å². The maximum Gasteiger partial charge on any atom is 0.433 e. The number of hydrogen-bond acceptors (Lipinski definition) is 6. The summed E-state index contributed by atoms with van der Waals surface area (Å²) in [7, 11) is 4.63. The van der Waals surface area contributed by atoms with E-state index in [0.29, 0.717) is 21.4 Å². The zero-order valence-electron chi connectivity index (χ0n) is 18.3. The zero-order valence-corrected chi connectivity index (χ0v) is 19.1. The molecule has 0 saturated carbocycles. The van der Waals surface area contributed by atoms with Gasteiger partial charge in [-0.1, -0.05) is 23.5 Å². The van der Waals surface area contributed by atoms with Crippen molar-refractivity contribution in [3.05, 3.63) is 53.5 Å². The smallest absolute Gasteiger partial charge is 0.354 e. The van der Waals surface area contributed by atoms with Gasteiger partial charge < -0.3 is 10.2 Å². The molecule has 0 saturated heterocycles. The number of alkyl halides is 6. The van der Waals surface area contributed by atoms with E-state index < -0.39 is 40.9 Å². The molecular formula is C21H16F6N6OS. The van der Waals surface area contributed by atoms with Crippen LogP contribution in [-0.2, 0) is 19.4 Å². The van der Waals surface area contributed by atoms with Gasteiger partial charge >= 0.3 is 12.4 Å². The van der Waals surface area contributed by atoms with E-state index in [1.807, 2.05) is 0 Å². The molecule has 0 bridgehead atoms. The monoisotopic (exact) mass is 514 g/mol. The van der Waals surface area contributed by atoms with Crippen LogP contribution in [0.25, 0.3) is 21.5 Å². The van der Waals surface area contributed by atoms with Crippen LogP contribution < -0.4 is 10.2 Å². The van der Waals surface area contributed by atoms with Gasteiger partial charge in [-0.2, -0.15) is 31.4 Å². The second kappa shape index (κ2) is 8.52. The Bertz CT molecular complexity index is 1420. The first-order valence-corrected chi connectivity index (χ1v) is 10.6. The van der Waals surface area contributed by atoms with Gasteiger partial charge in [0, 0.05) is 38.6 Å². The molecule has 1 N–H and O–H groups in total. The average Bonchev–Trinajstić information content (AvgIpc) is 3.34. The Morgan fingerprint density at radius 2 is 1.80 bits per heavy atom. The maximum atomic E-state index is 14.2. The molecule has 1 aromatic carbocycles. The van der Waals surface area contributed by atoms with Crippen molar-refractivity contribution in [2.24, 2.45) is 7.05 Å². The van der Waals surface area contributed by atoms with Crippen molar-refractivity contribution in [1.29, 1.82) is 0 Å². The quantitative estimate of drug-likeness (QED) is 0.367. The van der Waals surface area contributed by atoms with E-state index in [0.717, 1.165) is 35.3 Å². The predicted molar refractivity (Wildman–Crippen MR) is 118 cm³/mol. The summed E-state index contributed by atoms with van der Waals surface area (Å²) in [6.45, 7) is 0. The molecule has 184 valence electrons. The Morgan fingerprint density at radius 1 is 1.09 bits per heavy atom. The van der Waals surface area contributed by atoms with Gasteiger partial charge in [-0.05, 0) is 18.2 Å². The largest absolute Gasteiger partial charge is 0.433 e. The summed E-state index contributed by atoms with van der Waals surface area (Å²) in [6, 6.07) is 6.19. The predicted octanol–water partition coefficient (Wildman–Crippen LogP) is 5.45. The molecule has 0 aliphatic carbocycles. The molecule has 3 heterocycles. The molecule has 7 nitrogen and oxygen atoms in total. The fourth-order valence-corrected chi connectivity index (χ4v) is 4.41. The number of hydrogen-bond donors (Lipinski definition) is 1. The third-order valence-electron chi connectivity index (χ3n) is 4.90. The van der Waals surface area contributed by atoms with Crippen LogP contribution in [0.5, 0.6) is 0 Å². The van der Waals surface area contributed by atoms with E-state index in [1.54, 1.807) is 25.1 Å². The number of thiazole rings is 1. The number of carbonyl (C=O) groups excluding carboxylic acids is 1. The van der Waals surface area contributed by atoms with Gasteiger partial charge in [-0.3, -0.25) is 14.5 Å². The number of benzene rings is 1. The summed E-state index contributed by atoms with van der Waals surface area (Å²) in [4.78, 5) is 22.1. The SMILES string of the molecule is CN(C)c1nc2cccc(-c3nn(C)c(C(=O)Nc4ccnc(C(F)(F)F)c4)c3C(F)(F)F)c2s1. The highest BCUT2D eigenvalue weighted by atomic mass is 32.1. The Morgan fingerprint density at radius 3 is 2.43 bits per heavy atom. The lowest BCUT2D eigenvalue weighted by Crippen LogP contribution is -2.21. The highest BCUT2D eigenvalue weighted by Crippen LogP contribution is 2.43. The molecule has 0 spiro atoms. The fraction of sp³-hybridized carbons (Fsp3) is 0.238. The number of pyridine rings is 1. The minimum absolute atomic E-state index is 0.123. The zero-order chi connectivity index (χ0) is 25.7. The molecular weight excluding hydrogens is 498 g/mol. The minimum atomic E-state index is -5.00. The first-order valence-electron chi connectivity index (χ1n) is 9.83. The van der Waals surface area contributed by atoms with E-state index >= 15 is 0 Å². The van der Waals surface area contributed by atoms with Crippen molar-refractivity contribution >= 4 is 38.3 Å². The van der Waals surface area contributed by atoms with E-state index in [4.69, 9.17) is 0 Å². The molecule has 0 aliphatic rings. The lowest BCUT2D eigenvalue weighted by molar-refractivity contribution is -0.141. The molecule has 0 aliphatic heterocycles. The van der Waals surface area contributed by atoms with Crippen LogP contribution in [0.3, 0.4) is 0 Å². The van der Waals surface area contributed by atoms with Gasteiger partial charge in [0.15, 0.2) is 5.13 Å². The summed E-state index contributed by atoms with van der Waals surface area (Å²) in [5.74, 6) is -1.27. The molecule has 1 amide bonds. The number of amides is 1. The Balaban J connectivity index is 1.84. The van der Waals surface area contributed by atoms with Crippen molar-refractivity contribution in [3.8, 4) is 11.3 Å². The Kier molecular flexibility index (Phi) is 5.95. The summed E-state index contributed by atoms with van der Waals surface area (Å²) >= 11 is 1.16. The number of nitrogens with zero attached hydrogens (tertiary/aromatic N) is 5. The van der Waals surface area contributed by atoms with Crippen LogP contribution in [0.2, 0.25) is 0 Å². The molecule has 0 fully saturated rings. The summed E-state index contributed by atoms with van der Waals surface area (Å²) in [5.41, 5.74) is -3.74. The summed E-state index contributed by atoms with van der Waals surface area (Å²) in [5, 5.41) is 6.63. The van der Waals surface area contributed by atoms with Crippen molar-refractivity contribution in [1.82, 2.24) is 19.7 Å². The minimum Gasteiger partial charge on any atom is -0.354 e. The van der Waals surface area contributed by atoms with Gasteiger partial charge in [0.05, 0.1) is 10.2 Å². The van der Waals surface area contributed by atoms with Crippen LogP contribution in [0.1, 0.15) is 21.7 Å². The Labute approximate surface area is 198 Å². The van der Waals surface area contributed by atoms with E-state index in [9.17, 15) is 31.1 Å². The molecule has 0 unspecified atom stereocenters. The number of anilines is 2. The number of nitrogens with one attached hydrogen (secondary N) is 1. The van der Waals surface area contributed by atoms with Crippen LogP contribution in [0.15, 0.2) is 36.5 Å².